The van der Waals surface area contributed by atoms with Gasteiger partial charge in [-0.2, -0.15) is 0 Å². The van der Waals surface area contributed by atoms with Crippen molar-refractivity contribution in [1.29, 1.82) is 0 Å². The van der Waals surface area contributed by atoms with Crippen LogP contribution >= 0.6 is 34.8 Å². The van der Waals surface area contributed by atoms with Crippen molar-refractivity contribution < 1.29 is 0 Å². The molecular formula is C19H12Cl3N3. The van der Waals surface area contributed by atoms with Crippen molar-refractivity contribution in [1.82, 2.24) is 15.0 Å². The van der Waals surface area contributed by atoms with Gasteiger partial charge in [0.1, 0.15) is 5.82 Å². The minimum atomic E-state index is -1.69. The summed E-state index contributed by atoms with van der Waals surface area (Å²) in [6.07, 6.45) is 0. The van der Waals surface area contributed by atoms with E-state index in [9.17, 15) is 0 Å². The topological polar surface area (TPSA) is 38.7 Å². The number of benzene rings is 2. The average molecular weight is 389 g/mol. The number of hydrogen-bond acceptors (Lipinski definition) is 3. The van der Waals surface area contributed by atoms with E-state index in [1.54, 1.807) is 6.92 Å². The summed E-state index contributed by atoms with van der Waals surface area (Å²) in [4.78, 5) is 12.6. The molecule has 0 amide bonds. The lowest BCUT2D eigenvalue weighted by Gasteiger charge is -2.11. The number of aryl methyl sites for hydroxylation is 1. The van der Waals surface area contributed by atoms with Crippen molar-refractivity contribution in [3.8, 4) is 23.2 Å². The van der Waals surface area contributed by atoms with Crippen LogP contribution in [0.1, 0.15) is 22.8 Å². The van der Waals surface area contributed by atoms with Gasteiger partial charge in [0.2, 0.25) is 3.79 Å². The predicted molar refractivity (Wildman–Crippen MR) is 102 cm³/mol. The summed E-state index contributed by atoms with van der Waals surface area (Å²) in [5.41, 5.74) is 2.65. The molecule has 0 N–H and O–H groups in total. The molecule has 6 heteroatoms. The molecule has 25 heavy (non-hydrogen) atoms. The minimum absolute atomic E-state index is 0.105. The van der Waals surface area contributed by atoms with Crippen molar-refractivity contribution in [3.63, 3.8) is 0 Å². The maximum Gasteiger partial charge on any atom is 0.250 e. The third kappa shape index (κ3) is 4.70. The Balaban J connectivity index is 1.88. The number of nitrogens with zero attached hydrogens (tertiary/aromatic N) is 3. The van der Waals surface area contributed by atoms with Gasteiger partial charge in [-0.15, -0.1) is 0 Å². The van der Waals surface area contributed by atoms with Gasteiger partial charge in [-0.25, -0.2) is 15.0 Å². The maximum atomic E-state index is 5.87. The van der Waals surface area contributed by atoms with E-state index in [0.29, 0.717) is 11.6 Å². The summed E-state index contributed by atoms with van der Waals surface area (Å²) in [5.74, 6) is 7.28. The normalized spacial score (nSPS) is 10.9. The van der Waals surface area contributed by atoms with Gasteiger partial charge in [-0.05, 0) is 43.3 Å². The zero-order valence-corrected chi connectivity index (χ0v) is 15.4. The smallest absolute Gasteiger partial charge is 0.214 e. The molecule has 3 rings (SSSR count). The van der Waals surface area contributed by atoms with E-state index in [0.717, 1.165) is 16.7 Å². The average Bonchev–Trinajstić information content (AvgIpc) is 2.60. The van der Waals surface area contributed by atoms with E-state index in [1.165, 1.54) is 0 Å². The second-order valence-electron chi connectivity index (χ2n) is 5.22. The summed E-state index contributed by atoms with van der Waals surface area (Å²) in [7, 11) is 0. The van der Waals surface area contributed by atoms with Crippen LogP contribution in [0.25, 0.3) is 11.4 Å². The van der Waals surface area contributed by atoms with Gasteiger partial charge >= 0.3 is 0 Å². The highest BCUT2D eigenvalue weighted by Gasteiger charge is 2.27. The molecule has 0 bridgehead atoms. The number of hydrogen-bond donors (Lipinski definition) is 0. The lowest BCUT2D eigenvalue weighted by Crippen LogP contribution is -2.11. The standard InChI is InChI=1S/C19H12Cl3N3/c1-13-23-17(25-18(24-13)19(20,21)22)16-11-9-15(10-12-16)8-7-14-5-3-2-4-6-14/h2-6,9-12H,1H3. The Morgan fingerprint density at radius 2 is 1.36 bits per heavy atom. The Labute approximate surface area is 161 Å². The molecule has 0 aliphatic carbocycles. The summed E-state index contributed by atoms with van der Waals surface area (Å²) in [6, 6.07) is 17.4. The molecule has 0 unspecified atom stereocenters. The highest BCUT2D eigenvalue weighted by Crippen LogP contribution is 2.36. The highest BCUT2D eigenvalue weighted by atomic mass is 35.6. The molecule has 2 aromatic carbocycles. The molecule has 0 radical (unpaired) electrons. The molecule has 1 heterocycles. The minimum Gasteiger partial charge on any atom is -0.214 e. The number of halogens is 3. The first-order valence-electron chi connectivity index (χ1n) is 7.39. The summed E-state index contributed by atoms with van der Waals surface area (Å²) in [5, 5.41) is 0. The molecule has 0 aliphatic rings. The number of alkyl halides is 3. The van der Waals surface area contributed by atoms with Crippen LogP contribution in [0.15, 0.2) is 54.6 Å². The molecular weight excluding hydrogens is 377 g/mol. The van der Waals surface area contributed by atoms with Crippen LogP contribution in [-0.4, -0.2) is 15.0 Å². The van der Waals surface area contributed by atoms with Crippen LogP contribution in [0.3, 0.4) is 0 Å². The molecule has 0 saturated carbocycles. The van der Waals surface area contributed by atoms with Crippen molar-refractivity contribution in [2.75, 3.05) is 0 Å². The van der Waals surface area contributed by atoms with Crippen LogP contribution in [0.4, 0.5) is 0 Å². The Kier molecular flexibility index (Phi) is 5.24. The fourth-order valence-corrected chi connectivity index (χ4v) is 2.36. The predicted octanol–water partition coefficient (Wildman–Crippen LogP) is 5.07. The summed E-state index contributed by atoms with van der Waals surface area (Å²) >= 11 is 17.6. The first-order chi connectivity index (χ1) is 11.9. The van der Waals surface area contributed by atoms with Gasteiger partial charge in [0.05, 0.1) is 0 Å². The van der Waals surface area contributed by atoms with E-state index < -0.39 is 3.79 Å². The molecule has 0 atom stereocenters. The highest BCUT2D eigenvalue weighted by molar-refractivity contribution is 6.66. The van der Waals surface area contributed by atoms with Gasteiger partial charge in [-0.1, -0.05) is 64.8 Å². The van der Waals surface area contributed by atoms with Crippen LogP contribution in [0.2, 0.25) is 0 Å². The largest absolute Gasteiger partial charge is 0.250 e. The Morgan fingerprint density at radius 3 is 1.96 bits per heavy atom. The quantitative estimate of drug-likeness (QED) is 0.431. The molecule has 0 spiro atoms. The SMILES string of the molecule is Cc1nc(-c2ccc(C#Cc3ccccc3)cc2)nc(C(Cl)(Cl)Cl)n1. The lowest BCUT2D eigenvalue weighted by atomic mass is 10.1. The zero-order valence-electron chi connectivity index (χ0n) is 13.2. The van der Waals surface area contributed by atoms with E-state index in [4.69, 9.17) is 34.8 Å². The van der Waals surface area contributed by atoms with Crippen molar-refractivity contribution in [2.24, 2.45) is 0 Å². The second-order valence-corrected chi connectivity index (χ2v) is 7.50. The van der Waals surface area contributed by atoms with Crippen LogP contribution < -0.4 is 0 Å². The molecule has 0 saturated heterocycles. The third-order valence-corrected chi connectivity index (χ3v) is 3.78. The van der Waals surface area contributed by atoms with E-state index in [2.05, 4.69) is 26.8 Å². The van der Waals surface area contributed by atoms with Gasteiger partial charge < -0.3 is 0 Å². The lowest BCUT2D eigenvalue weighted by molar-refractivity contribution is 0.884. The summed E-state index contributed by atoms with van der Waals surface area (Å²) in [6.45, 7) is 1.73. The van der Waals surface area contributed by atoms with E-state index >= 15 is 0 Å². The zero-order chi connectivity index (χ0) is 17.9. The second kappa shape index (κ2) is 7.41. The Hall–Kier alpha value is -2.12. The first kappa shape index (κ1) is 17.7. The van der Waals surface area contributed by atoms with Crippen molar-refractivity contribution >= 4 is 34.8 Å². The molecule has 0 fully saturated rings. The molecule has 3 aromatic rings. The van der Waals surface area contributed by atoms with Crippen LogP contribution in [0.5, 0.6) is 0 Å². The summed E-state index contributed by atoms with van der Waals surface area (Å²) < 4.78 is -1.69. The van der Waals surface area contributed by atoms with Crippen LogP contribution in [-0.2, 0) is 3.79 Å². The first-order valence-corrected chi connectivity index (χ1v) is 8.52. The molecule has 0 aliphatic heterocycles. The molecule has 124 valence electrons. The van der Waals surface area contributed by atoms with Gasteiger partial charge in [0, 0.05) is 16.7 Å². The van der Waals surface area contributed by atoms with Crippen molar-refractivity contribution in [2.45, 2.75) is 10.7 Å². The van der Waals surface area contributed by atoms with Crippen molar-refractivity contribution in [3.05, 3.63) is 77.4 Å². The van der Waals surface area contributed by atoms with Crippen LogP contribution in [0, 0.1) is 18.8 Å². The Morgan fingerprint density at radius 1 is 0.760 bits per heavy atom. The van der Waals surface area contributed by atoms with E-state index in [-0.39, 0.29) is 5.82 Å². The molecule has 3 nitrogen and oxygen atoms in total. The van der Waals surface area contributed by atoms with E-state index in [1.807, 2.05) is 54.6 Å². The number of rotatable bonds is 1. The van der Waals surface area contributed by atoms with Gasteiger partial charge in [0.15, 0.2) is 11.6 Å². The van der Waals surface area contributed by atoms with Gasteiger partial charge in [0.25, 0.3) is 0 Å². The third-order valence-electron chi connectivity index (χ3n) is 3.27. The monoisotopic (exact) mass is 387 g/mol. The Bertz CT molecular complexity index is 938. The fourth-order valence-electron chi connectivity index (χ4n) is 2.11. The number of aromatic nitrogens is 3. The maximum absolute atomic E-state index is 5.87. The fraction of sp³-hybridized carbons (Fsp3) is 0.105. The molecule has 1 aromatic heterocycles. The van der Waals surface area contributed by atoms with Gasteiger partial charge in [-0.3, -0.25) is 0 Å².